The van der Waals surface area contributed by atoms with E-state index in [-0.39, 0.29) is 5.92 Å². The highest BCUT2D eigenvalue weighted by Gasteiger charge is 2.42. The fraction of sp³-hybridized carbons (Fsp3) is 0.938. The minimum Gasteiger partial charge on any atom is -0.481 e. The van der Waals surface area contributed by atoms with Crippen LogP contribution in [0.3, 0.4) is 0 Å². The second-order valence-electron chi connectivity index (χ2n) is 7.27. The number of rotatable bonds is 3. The molecule has 2 fully saturated rings. The van der Waals surface area contributed by atoms with Crippen molar-refractivity contribution in [3.8, 4) is 0 Å². The first-order valence-corrected chi connectivity index (χ1v) is 7.87. The highest BCUT2D eigenvalue weighted by molar-refractivity contribution is 5.71. The highest BCUT2D eigenvalue weighted by atomic mass is 16.4. The Hall–Kier alpha value is -0.570. The van der Waals surface area contributed by atoms with Crippen LogP contribution in [0.1, 0.15) is 47.0 Å². The molecule has 0 bridgehead atoms. The minimum atomic E-state index is -0.611. The van der Waals surface area contributed by atoms with Crippen molar-refractivity contribution in [3.63, 3.8) is 0 Å². The molecule has 5 atom stereocenters. The minimum absolute atomic E-state index is 0.162. The van der Waals surface area contributed by atoms with Crippen molar-refractivity contribution < 1.29 is 9.90 Å². The van der Waals surface area contributed by atoms with Gasteiger partial charge in [-0.2, -0.15) is 0 Å². The van der Waals surface area contributed by atoms with E-state index in [1.807, 2.05) is 0 Å². The third-order valence-corrected chi connectivity index (χ3v) is 5.41. The van der Waals surface area contributed by atoms with E-state index in [0.717, 1.165) is 24.9 Å². The van der Waals surface area contributed by atoms with Crippen molar-refractivity contribution in [3.05, 3.63) is 0 Å². The molecular weight excluding hydrogens is 238 g/mol. The summed E-state index contributed by atoms with van der Waals surface area (Å²) in [7, 11) is 0. The maximum absolute atomic E-state index is 11.3. The largest absolute Gasteiger partial charge is 0.481 e. The monoisotopic (exact) mass is 267 g/mol. The van der Waals surface area contributed by atoms with Gasteiger partial charge in [-0.1, -0.05) is 34.1 Å². The van der Waals surface area contributed by atoms with Gasteiger partial charge >= 0.3 is 5.97 Å². The van der Waals surface area contributed by atoms with E-state index in [0.29, 0.717) is 17.9 Å². The van der Waals surface area contributed by atoms with Crippen molar-refractivity contribution >= 4 is 5.97 Å². The van der Waals surface area contributed by atoms with E-state index in [1.54, 1.807) is 0 Å². The number of likely N-dealkylation sites (tertiary alicyclic amines) is 1. The average molecular weight is 267 g/mol. The van der Waals surface area contributed by atoms with Crippen molar-refractivity contribution in [2.45, 2.75) is 53.0 Å². The SMILES string of the molecule is CC1CCC(C(C)C)C(N2CC(C)C(C(=O)O)C2)C1. The molecule has 110 valence electrons. The molecule has 3 heteroatoms. The Kier molecular flexibility index (Phi) is 4.54. The summed E-state index contributed by atoms with van der Waals surface area (Å²) in [4.78, 5) is 13.8. The quantitative estimate of drug-likeness (QED) is 0.854. The smallest absolute Gasteiger partial charge is 0.308 e. The third kappa shape index (κ3) is 3.13. The van der Waals surface area contributed by atoms with Gasteiger partial charge in [0.1, 0.15) is 0 Å². The zero-order chi connectivity index (χ0) is 14.2. The van der Waals surface area contributed by atoms with Gasteiger partial charge in [0.2, 0.25) is 0 Å². The summed E-state index contributed by atoms with van der Waals surface area (Å²) in [6.45, 7) is 10.8. The van der Waals surface area contributed by atoms with Crippen molar-refractivity contribution in [1.29, 1.82) is 0 Å². The summed E-state index contributed by atoms with van der Waals surface area (Å²) < 4.78 is 0. The van der Waals surface area contributed by atoms with E-state index in [2.05, 4.69) is 32.6 Å². The molecular formula is C16H29NO2. The molecule has 1 saturated carbocycles. The molecule has 1 aliphatic carbocycles. The summed E-state index contributed by atoms with van der Waals surface area (Å²) in [5.74, 6) is 1.76. The summed E-state index contributed by atoms with van der Waals surface area (Å²) in [5, 5.41) is 9.30. The molecule has 5 unspecified atom stereocenters. The predicted octanol–water partition coefficient (Wildman–Crippen LogP) is 3.10. The van der Waals surface area contributed by atoms with Crippen molar-refractivity contribution in [1.82, 2.24) is 4.90 Å². The van der Waals surface area contributed by atoms with Crippen LogP contribution in [0.2, 0.25) is 0 Å². The van der Waals surface area contributed by atoms with Crippen LogP contribution in [0.25, 0.3) is 0 Å². The van der Waals surface area contributed by atoms with E-state index < -0.39 is 5.97 Å². The number of hydrogen-bond acceptors (Lipinski definition) is 2. The van der Waals surface area contributed by atoms with Gasteiger partial charge in [-0.15, -0.1) is 0 Å². The second-order valence-corrected chi connectivity index (χ2v) is 7.27. The van der Waals surface area contributed by atoms with Crippen LogP contribution in [0.15, 0.2) is 0 Å². The Balaban J connectivity index is 2.08. The number of hydrogen-bond donors (Lipinski definition) is 1. The van der Waals surface area contributed by atoms with Crippen LogP contribution in [0.5, 0.6) is 0 Å². The summed E-state index contributed by atoms with van der Waals surface area (Å²) in [6.07, 6.45) is 3.90. The molecule has 1 N–H and O–H groups in total. The molecule has 1 heterocycles. The van der Waals surface area contributed by atoms with Gasteiger partial charge in [0.25, 0.3) is 0 Å². The molecule has 0 aromatic heterocycles. The van der Waals surface area contributed by atoms with Crippen LogP contribution in [-0.4, -0.2) is 35.1 Å². The van der Waals surface area contributed by atoms with Crippen molar-refractivity contribution in [2.24, 2.45) is 29.6 Å². The normalized spacial score (nSPS) is 40.8. The first kappa shape index (κ1) is 14.8. The third-order valence-electron chi connectivity index (χ3n) is 5.41. The number of nitrogens with zero attached hydrogens (tertiary/aromatic N) is 1. The summed E-state index contributed by atoms with van der Waals surface area (Å²) in [5.41, 5.74) is 0. The molecule has 1 aliphatic heterocycles. The van der Waals surface area contributed by atoms with Gasteiger partial charge < -0.3 is 5.11 Å². The molecule has 3 nitrogen and oxygen atoms in total. The van der Waals surface area contributed by atoms with Crippen molar-refractivity contribution in [2.75, 3.05) is 13.1 Å². The Bertz CT molecular complexity index is 329. The Morgan fingerprint density at radius 3 is 2.42 bits per heavy atom. The van der Waals surface area contributed by atoms with E-state index in [4.69, 9.17) is 0 Å². The Labute approximate surface area is 117 Å². The second kappa shape index (κ2) is 5.82. The van der Waals surface area contributed by atoms with Crippen LogP contribution in [0.4, 0.5) is 0 Å². The molecule has 19 heavy (non-hydrogen) atoms. The number of aliphatic carboxylic acids is 1. The molecule has 0 aromatic carbocycles. The fourth-order valence-electron chi connectivity index (χ4n) is 4.17. The topological polar surface area (TPSA) is 40.5 Å². The lowest BCUT2D eigenvalue weighted by Crippen LogP contribution is -2.45. The van der Waals surface area contributed by atoms with Crippen LogP contribution in [0, 0.1) is 29.6 Å². The number of carboxylic acid groups (broad SMARTS) is 1. The Morgan fingerprint density at radius 1 is 1.21 bits per heavy atom. The van der Waals surface area contributed by atoms with E-state index in [1.165, 1.54) is 19.3 Å². The van der Waals surface area contributed by atoms with Crippen LogP contribution < -0.4 is 0 Å². The van der Waals surface area contributed by atoms with Gasteiger partial charge in [0, 0.05) is 19.1 Å². The lowest BCUT2D eigenvalue weighted by Gasteiger charge is -2.42. The highest BCUT2D eigenvalue weighted by Crippen LogP contribution is 2.39. The van der Waals surface area contributed by atoms with Crippen LogP contribution >= 0.6 is 0 Å². The van der Waals surface area contributed by atoms with Gasteiger partial charge in [-0.3, -0.25) is 9.69 Å². The predicted molar refractivity (Wildman–Crippen MR) is 77.0 cm³/mol. The van der Waals surface area contributed by atoms with Crippen LogP contribution in [-0.2, 0) is 4.79 Å². The molecule has 2 aliphatic rings. The lowest BCUT2D eigenvalue weighted by molar-refractivity contribution is -0.142. The molecule has 2 rings (SSSR count). The zero-order valence-corrected chi connectivity index (χ0v) is 12.8. The molecule has 0 spiro atoms. The van der Waals surface area contributed by atoms with Gasteiger partial charge in [0.15, 0.2) is 0 Å². The molecule has 1 saturated heterocycles. The average Bonchev–Trinajstić information content (AvgIpc) is 2.70. The Morgan fingerprint density at radius 2 is 1.89 bits per heavy atom. The fourth-order valence-corrected chi connectivity index (χ4v) is 4.17. The summed E-state index contributed by atoms with van der Waals surface area (Å²) in [6, 6.07) is 0.607. The lowest BCUT2D eigenvalue weighted by atomic mass is 9.73. The molecule has 0 aromatic rings. The standard InChI is InChI=1S/C16H29NO2/c1-10(2)13-6-5-11(3)7-15(13)17-8-12(4)14(9-17)16(18)19/h10-15H,5-9H2,1-4H3,(H,18,19). The van der Waals surface area contributed by atoms with E-state index >= 15 is 0 Å². The first-order valence-electron chi connectivity index (χ1n) is 7.87. The zero-order valence-electron chi connectivity index (χ0n) is 12.8. The maximum Gasteiger partial charge on any atom is 0.308 e. The summed E-state index contributed by atoms with van der Waals surface area (Å²) >= 11 is 0. The first-order chi connectivity index (χ1) is 8.90. The maximum atomic E-state index is 11.3. The van der Waals surface area contributed by atoms with Gasteiger partial charge in [-0.05, 0) is 36.5 Å². The number of carbonyl (C=O) groups is 1. The van der Waals surface area contributed by atoms with Gasteiger partial charge in [-0.25, -0.2) is 0 Å². The molecule has 0 radical (unpaired) electrons. The molecule has 0 amide bonds. The van der Waals surface area contributed by atoms with Gasteiger partial charge in [0.05, 0.1) is 5.92 Å². The van der Waals surface area contributed by atoms with E-state index in [9.17, 15) is 9.90 Å². The number of carboxylic acids is 1.